The summed E-state index contributed by atoms with van der Waals surface area (Å²) < 4.78 is 0. The van der Waals surface area contributed by atoms with E-state index in [2.05, 4.69) is 33.5 Å². The van der Waals surface area contributed by atoms with E-state index in [-0.39, 0.29) is 5.91 Å². The maximum atomic E-state index is 13.0. The molecule has 2 heterocycles. The number of rotatable bonds is 5. The third-order valence-corrected chi connectivity index (χ3v) is 4.77. The average Bonchev–Trinajstić information content (AvgIpc) is 2.74. The van der Waals surface area contributed by atoms with Crippen LogP contribution in [-0.4, -0.2) is 29.0 Å². The van der Waals surface area contributed by atoms with Crippen molar-refractivity contribution in [3.05, 3.63) is 83.7 Å². The second kappa shape index (κ2) is 7.99. The quantitative estimate of drug-likeness (QED) is 0.755. The fourth-order valence-electron chi connectivity index (χ4n) is 3.41. The van der Waals surface area contributed by atoms with Gasteiger partial charge in [-0.05, 0) is 42.5 Å². The zero-order valence-electron chi connectivity index (χ0n) is 15.1. The lowest BCUT2D eigenvalue weighted by atomic mass is 10.0. The minimum absolute atomic E-state index is 0.0735. The predicted molar refractivity (Wildman–Crippen MR) is 107 cm³/mol. The molecule has 0 atom stereocenters. The number of aryl methyl sites for hydroxylation is 1. The first-order valence-corrected chi connectivity index (χ1v) is 9.32. The molecule has 5 nitrogen and oxygen atoms in total. The van der Waals surface area contributed by atoms with E-state index in [4.69, 9.17) is 0 Å². The Morgan fingerprint density at radius 1 is 1.04 bits per heavy atom. The number of aromatic nitrogens is 2. The Kier molecular flexibility index (Phi) is 5.10. The van der Waals surface area contributed by atoms with Gasteiger partial charge in [0.2, 0.25) is 5.95 Å². The molecule has 1 amide bonds. The molecule has 0 saturated carbocycles. The van der Waals surface area contributed by atoms with E-state index in [1.54, 1.807) is 12.3 Å². The van der Waals surface area contributed by atoms with Gasteiger partial charge in [-0.3, -0.25) is 4.79 Å². The topological polar surface area (TPSA) is 58.1 Å². The van der Waals surface area contributed by atoms with E-state index in [9.17, 15) is 4.79 Å². The number of para-hydroxylation sites is 1. The van der Waals surface area contributed by atoms with Crippen molar-refractivity contribution in [2.45, 2.75) is 19.3 Å². The SMILES string of the molecule is O=C(c1ccnc(NCCc2ccccc2)n1)N1CCCc2ccccc21. The monoisotopic (exact) mass is 358 g/mol. The van der Waals surface area contributed by atoms with Gasteiger partial charge in [0, 0.05) is 25.0 Å². The van der Waals surface area contributed by atoms with Gasteiger partial charge in [0.15, 0.2) is 0 Å². The van der Waals surface area contributed by atoms with Crippen LogP contribution in [0.4, 0.5) is 11.6 Å². The van der Waals surface area contributed by atoms with E-state index in [0.717, 1.165) is 31.5 Å². The lowest BCUT2D eigenvalue weighted by molar-refractivity contribution is 0.0980. The van der Waals surface area contributed by atoms with E-state index in [0.29, 0.717) is 18.2 Å². The van der Waals surface area contributed by atoms with Crippen molar-refractivity contribution in [3.8, 4) is 0 Å². The largest absolute Gasteiger partial charge is 0.354 e. The summed E-state index contributed by atoms with van der Waals surface area (Å²) in [5.41, 5.74) is 3.88. The van der Waals surface area contributed by atoms with Crippen molar-refractivity contribution in [3.63, 3.8) is 0 Å². The van der Waals surface area contributed by atoms with Gasteiger partial charge in [-0.15, -0.1) is 0 Å². The van der Waals surface area contributed by atoms with Gasteiger partial charge in [-0.25, -0.2) is 9.97 Å². The van der Waals surface area contributed by atoms with Gasteiger partial charge >= 0.3 is 0 Å². The van der Waals surface area contributed by atoms with Crippen molar-refractivity contribution < 1.29 is 4.79 Å². The molecule has 4 rings (SSSR count). The van der Waals surface area contributed by atoms with Crippen LogP contribution in [0.3, 0.4) is 0 Å². The molecular weight excluding hydrogens is 336 g/mol. The molecular formula is C22H22N4O. The molecule has 0 saturated heterocycles. The van der Waals surface area contributed by atoms with Crippen LogP contribution < -0.4 is 10.2 Å². The van der Waals surface area contributed by atoms with Crippen LogP contribution in [0.15, 0.2) is 66.9 Å². The third-order valence-electron chi connectivity index (χ3n) is 4.77. The highest BCUT2D eigenvalue weighted by molar-refractivity contribution is 6.05. The summed E-state index contributed by atoms with van der Waals surface area (Å²) in [6.07, 6.45) is 4.49. The molecule has 2 aromatic carbocycles. The Morgan fingerprint density at radius 3 is 2.74 bits per heavy atom. The van der Waals surface area contributed by atoms with Crippen molar-refractivity contribution in [1.82, 2.24) is 9.97 Å². The van der Waals surface area contributed by atoms with E-state index in [1.165, 1.54) is 11.1 Å². The Morgan fingerprint density at radius 2 is 1.85 bits per heavy atom. The first-order valence-electron chi connectivity index (χ1n) is 9.32. The number of fused-ring (bicyclic) bond motifs is 1. The summed E-state index contributed by atoms with van der Waals surface area (Å²) in [5, 5.41) is 3.22. The lowest BCUT2D eigenvalue weighted by Crippen LogP contribution is -2.36. The average molecular weight is 358 g/mol. The molecule has 3 aromatic rings. The molecule has 0 fully saturated rings. The summed E-state index contributed by atoms with van der Waals surface area (Å²) in [7, 11) is 0. The zero-order chi connectivity index (χ0) is 18.5. The van der Waals surface area contributed by atoms with Crippen LogP contribution in [0, 0.1) is 0 Å². The first kappa shape index (κ1) is 17.2. The third kappa shape index (κ3) is 3.97. The number of hydrogen-bond acceptors (Lipinski definition) is 4. The predicted octanol–water partition coefficient (Wildman–Crippen LogP) is 3.72. The van der Waals surface area contributed by atoms with Crippen LogP contribution >= 0.6 is 0 Å². The minimum atomic E-state index is -0.0735. The number of nitrogens with zero attached hydrogens (tertiary/aromatic N) is 3. The Labute approximate surface area is 159 Å². The Hall–Kier alpha value is -3.21. The van der Waals surface area contributed by atoms with Gasteiger partial charge in [-0.2, -0.15) is 0 Å². The normalized spacial score (nSPS) is 13.1. The standard InChI is InChI=1S/C22H22N4O/c27-21(26-16-6-10-18-9-4-5-11-20(18)26)19-13-15-24-22(25-19)23-14-12-17-7-2-1-3-8-17/h1-5,7-9,11,13,15H,6,10,12,14,16H2,(H,23,24,25). The molecule has 136 valence electrons. The molecule has 1 aromatic heterocycles. The Bertz CT molecular complexity index is 926. The fourth-order valence-corrected chi connectivity index (χ4v) is 3.41. The molecule has 5 heteroatoms. The first-order chi connectivity index (χ1) is 13.3. The van der Waals surface area contributed by atoms with E-state index < -0.39 is 0 Å². The number of anilines is 2. The van der Waals surface area contributed by atoms with Gasteiger partial charge in [0.1, 0.15) is 5.69 Å². The molecule has 1 aliphatic rings. The van der Waals surface area contributed by atoms with Gasteiger partial charge in [0.05, 0.1) is 0 Å². The highest BCUT2D eigenvalue weighted by Crippen LogP contribution is 2.27. The summed E-state index contributed by atoms with van der Waals surface area (Å²) in [5.74, 6) is 0.415. The summed E-state index contributed by atoms with van der Waals surface area (Å²) in [6, 6.07) is 20.0. The highest BCUT2D eigenvalue weighted by atomic mass is 16.2. The fraction of sp³-hybridized carbons (Fsp3) is 0.227. The number of benzene rings is 2. The van der Waals surface area contributed by atoms with Crippen molar-refractivity contribution in [2.24, 2.45) is 0 Å². The van der Waals surface area contributed by atoms with Gasteiger partial charge in [0.25, 0.3) is 5.91 Å². The van der Waals surface area contributed by atoms with Crippen molar-refractivity contribution in [2.75, 3.05) is 23.3 Å². The van der Waals surface area contributed by atoms with Crippen LogP contribution in [0.1, 0.15) is 28.0 Å². The molecule has 0 aliphatic carbocycles. The zero-order valence-corrected chi connectivity index (χ0v) is 15.1. The van der Waals surface area contributed by atoms with Gasteiger partial charge < -0.3 is 10.2 Å². The maximum absolute atomic E-state index is 13.0. The summed E-state index contributed by atoms with van der Waals surface area (Å²) in [6.45, 7) is 1.44. The number of nitrogens with one attached hydrogen (secondary N) is 1. The van der Waals surface area contributed by atoms with Crippen molar-refractivity contribution >= 4 is 17.5 Å². The minimum Gasteiger partial charge on any atom is -0.354 e. The summed E-state index contributed by atoms with van der Waals surface area (Å²) >= 11 is 0. The van der Waals surface area contributed by atoms with Crippen molar-refractivity contribution in [1.29, 1.82) is 0 Å². The second-order valence-corrected chi connectivity index (χ2v) is 6.62. The molecule has 27 heavy (non-hydrogen) atoms. The number of carbonyl (C=O) groups is 1. The Balaban J connectivity index is 1.45. The van der Waals surface area contributed by atoms with Gasteiger partial charge in [-0.1, -0.05) is 48.5 Å². The number of amides is 1. The number of hydrogen-bond donors (Lipinski definition) is 1. The highest BCUT2D eigenvalue weighted by Gasteiger charge is 2.24. The number of carbonyl (C=O) groups excluding carboxylic acids is 1. The second-order valence-electron chi connectivity index (χ2n) is 6.62. The van der Waals surface area contributed by atoms with Crippen LogP contribution in [0.2, 0.25) is 0 Å². The van der Waals surface area contributed by atoms with E-state index >= 15 is 0 Å². The van der Waals surface area contributed by atoms with Crippen LogP contribution in [-0.2, 0) is 12.8 Å². The molecule has 0 radical (unpaired) electrons. The molecule has 0 spiro atoms. The molecule has 0 unspecified atom stereocenters. The molecule has 0 bridgehead atoms. The van der Waals surface area contributed by atoms with Crippen LogP contribution in [0.25, 0.3) is 0 Å². The maximum Gasteiger partial charge on any atom is 0.277 e. The molecule has 1 N–H and O–H groups in total. The van der Waals surface area contributed by atoms with E-state index in [1.807, 2.05) is 41.3 Å². The van der Waals surface area contributed by atoms with Crippen LogP contribution in [0.5, 0.6) is 0 Å². The smallest absolute Gasteiger partial charge is 0.277 e. The lowest BCUT2D eigenvalue weighted by Gasteiger charge is -2.29. The molecule has 1 aliphatic heterocycles. The summed E-state index contributed by atoms with van der Waals surface area (Å²) in [4.78, 5) is 23.5.